The normalized spacial score (nSPS) is 12.3. The van der Waals surface area contributed by atoms with Gasteiger partial charge in [0, 0.05) is 10.6 Å². The van der Waals surface area contributed by atoms with Crippen molar-refractivity contribution in [1.82, 2.24) is 0 Å². The van der Waals surface area contributed by atoms with E-state index in [1.807, 2.05) is 13.8 Å². The highest BCUT2D eigenvalue weighted by molar-refractivity contribution is 7.93. The molecule has 6 heteroatoms. The van der Waals surface area contributed by atoms with Gasteiger partial charge in [-0.3, -0.25) is 4.79 Å². The van der Waals surface area contributed by atoms with Crippen LogP contribution in [0, 0.1) is 41.5 Å². The molecule has 0 bridgehead atoms. The van der Waals surface area contributed by atoms with Crippen LogP contribution in [-0.2, 0) is 9.36 Å². The highest BCUT2D eigenvalue weighted by Gasteiger charge is 2.54. The molecule has 0 spiro atoms. The van der Waals surface area contributed by atoms with Crippen molar-refractivity contribution in [1.29, 1.82) is 0 Å². The van der Waals surface area contributed by atoms with Crippen LogP contribution in [0.5, 0.6) is 0 Å². The number of hydrogen-bond acceptors (Lipinski definition) is 2. The number of benzene rings is 2. The first-order valence-electron chi connectivity index (χ1n) is 8.18. The van der Waals surface area contributed by atoms with Crippen LogP contribution in [0.4, 0.5) is 13.2 Å². The van der Waals surface area contributed by atoms with E-state index in [2.05, 4.69) is 0 Å². The lowest BCUT2D eigenvalue weighted by Crippen LogP contribution is -2.36. The van der Waals surface area contributed by atoms with Crippen molar-refractivity contribution in [2.75, 3.05) is 0 Å². The van der Waals surface area contributed by atoms with Gasteiger partial charge in [-0.1, -0.05) is 35.4 Å². The SMILES string of the molecule is Cc1cc(C)c(P(=O)(C(=O)C(F)(F)F)c2c(C)cc(C)cc2C)c(C)c1. The van der Waals surface area contributed by atoms with Crippen LogP contribution in [0.3, 0.4) is 0 Å². The molecule has 0 aromatic heterocycles. The topological polar surface area (TPSA) is 34.1 Å². The molecule has 0 N–H and O–H groups in total. The van der Waals surface area contributed by atoms with E-state index in [-0.39, 0.29) is 10.6 Å². The van der Waals surface area contributed by atoms with Crippen LogP contribution >= 0.6 is 7.14 Å². The Hall–Kier alpha value is -1.87. The lowest BCUT2D eigenvalue weighted by Gasteiger charge is -2.26. The van der Waals surface area contributed by atoms with Crippen molar-refractivity contribution in [3.05, 3.63) is 57.6 Å². The largest absolute Gasteiger partial charge is 0.458 e. The number of carbonyl (C=O) groups is 1. The molecule has 0 unspecified atom stereocenters. The van der Waals surface area contributed by atoms with Gasteiger partial charge in [0.2, 0.25) is 7.14 Å². The van der Waals surface area contributed by atoms with E-state index in [4.69, 9.17) is 0 Å². The standard InChI is InChI=1S/C20H22F3O2P/c1-11-7-13(3)17(14(4)8-11)26(25,19(24)20(21,22)23)18-15(5)9-12(2)10-16(18)6/h7-10H,1-6H3. The summed E-state index contributed by atoms with van der Waals surface area (Å²) in [5.41, 5.74) is 1.24. The molecule has 2 aromatic rings. The Labute approximate surface area is 151 Å². The fourth-order valence-corrected chi connectivity index (χ4v) is 7.06. The Morgan fingerprint density at radius 3 is 1.23 bits per heavy atom. The fraction of sp³-hybridized carbons (Fsp3) is 0.350. The number of halogens is 3. The smallest absolute Gasteiger partial charge is 0.305 e. The summed E-state index contributed by atoms with van der Waals surface area (Å²) in [6.45, 7) is 10.0. The van der Waals surface area contributed by atoms with Gasteiger partial charge in [-0.25, -0.2) is 0 Å². The summed E-state index contributed by atoms with van der Waals surface area (Å²) >= 11 is 0. The minimum absolute atomic E-state index is 0.000443. The number of hydrogen-bond donors (Lipinski definition) is 0. The molecule has 0 saturated carbocycles. The number of carbonyl (C=O) groups excluding carboxylic acids is 1. The second-order valence-electron chi connectivity index (χ2n) is 6.91. The lowest BCUT2D eigenvalue weighted by molar-refractivity contribution is -0.161. The summed E-state index contributed by atoms with van der Waals surface area (Å²) < 4.78 is 54.4. The molecular formula is C20H22F3O2P. The first-order chi connectivity index (χ1) is 11.8. The van der Waals surface area contributed by atoms with Gasteiger partial charge >= 0.3 is 11.7 Å². The highest BCUT2D eigenvalue weighted by Crippen LogP contribution is 2.52. The molecule has 140 valence electrons. The van der Waals surface area contributed by atoms with Gasteiger partial charge in [-0.2, -0.15) is 13.2 Å². The van der Waals surface area contributed by atoms with Crippen LogP contribution < -0.4 is 10.6 Å². The zero-order chi connectivity index (χ0) is 20.0. The zero-order valence-electron chi connectivity index (χ0n) is 15.7. The molecule has 2 rings (SSSR count). The fourth-order valence-electron chi connectivity index (χ4n) is 3.83. The van der Waals surface area contributed by atoms with Gasteiger partial charge in [-0.15, -0.1) is 0 Å². The maximum absolute atomic E-state index is 14.0. The Morgan fingerprint density at radius 1 is 0.731 bits per heavy atom. The molecular weight excluding hydrogens is 360 g/mol. The maximum Gasteiger partial charge on any atom is 0.458 e. The van der Waals surface area contributed by atoms with E-state index < -0.39 is 18.8 Å². The summed E-state index contributed by atoms with van der Waals surface area (Å²) in [5, 5.41) is 0.000885. The van der Waals surface area contributed by atoms with Crippen LogP contribution in [0.2, 0.25) is 0 Å². The number of rotatable bonds is 3. The van der Waals surface area contributed by atoms with Crippen molar-refractivity contribution >= 4 is 23.3 Å². The zero-order valence-corrected chi connectivity index (χ0v) is 16.6. The van der Waals surface area contributed by atoms with Crippen molar-refractivity contribution in [3.63, 3.8) is 0 Å². The average Bonchev–Trinajstić information content (AvgIpc) is 2.42. The molecule has 0 aliphatic heterocycles. The van der Waals surface area contributed by atoms with Gasteiger partial charge < -0.3 is 4.57 Å². The Balaban J connectivity index is 3.01. The average molecular weight is 382 g/mol. The highest BCUT2D eigenvalue weighted by atomic mass is 31.2. The predicted molar refractivity (Wildman–Crippen MR) is 99.2 cm³/mol. The van der Waals surface area contributed by atoms with E-state index in [1.54, 1.807) is 52.0 Å². The molecule has 0 atom stereocenters. The van der Waals surface area contributed by atoms with Crippen molar-refractivity contribution in [2.24, 2.45) is 0 Å². The molecule has 0 heterocycles. The number of alkyl halides is 3. The second kappa shape index (κ2) is 6.70. The van der Waals surface area contributed by atoms with Crippen molar-refractivity contribution in [3.8, 4) is 0 Å². The van der Waals surface area contributed by atoms with E-state index in [0.29, 0.717) is 22.3 Å². The Bertz CT molecular complexity index is 835. The Morgan fingerprint density at radius 2 is 1.00 bits per heavy atom. The van der Waals surface area contributed by atoms with Gasteiger partial charge in [0.1, 0.15) is 0 Å². The lowest BCUT2D eigenvalue weighted by atomic mass is 10.1. The van der Waals surface area contributed by atoms with Gasteiger partial charge in [-0.05, 0) is 63.8 Å². The minimum atomic E-state index is -5.19. The molecule has 26 heavy (non-hydrogen) atoms. The van der Waals surface area contributed by atoms with Gasteiger partial charge in [0.15, 0.2) is 0 Å². The molecule has 0 aliphatic rings. The Kier molecular flexibility index (Phi) is 5.26. The predicted octanol–water partition coefficient (Wildman–Crippen LogP) is 4.94. The van der Waals surface area contributed by atoms with Gasteiger partial charge in [0.05, 0.1) is 0 Å². The quantitative estimate of drug-likeness (QED) is 0.705. The van der Waals surface area contributed by atoms with Crippen LogP contribution in [0.15, 0.2) is 24.3 Å². The third-order valence-corrected chi connectivity index (χ3v) is 7.93. The molecule has 0 amide bonds. The first-order valence-corrected chi connectivity index (χ1v) is 9.89. The molecule has 0 aliphatic carbocycles. The maximum atomic E-state index is 14.0. The van der Waals surface area contributed by atoms with Crippen LogP contribution in [0.1, 0.15) is 33.4 Å². The van der Waals surface area contributed by atoms with Crippen molar-refractivity contribution < 1.29 is 22.5 Å². The van der Waals surface area contributed by atoms with E-state index in [0.717, 1.165) is 11.1 Å². The summed E-state index contributed by atoms with van der Waals surface area (Å²) in [6, 6.07) is 6.66. The number of aryl methyl sites for hydroxylation is 6. The van der Waals surface area contributed by atoms with E-state index >= 15 is 0 Å². The van der Waals surface area contributed by atoms with E-state index in [9.17, 15) is 22.5 Å². The monoisotopic (exact) mass is 382 g/mol. The third-order valence-electron chi connectivity index (χ3n) is 4.43. The van der Waals surface area contributed by atoms with Crippen LogP contribution in [0.25, 0.3) is 0 Å². The second-order valence-corrected chi connectivity index (χ2v) is 9.43. The van der Waals surface area contributed by atoms with Crippen LogP contribution in [-0.4, -0.2) is 11.7 Å². The summed E-state index contributed by atoms with van der Waals surface area (Å²) in [7, 11) is -4.59. The molecule has 0 fully saturated rings. The summed E-state index contributed by atoms with van der Waals surface area (Å²) in [4.78, 5) is 12.5. The molecule has 2 nitrogen and oxygen atoms in total. The molecule has 0 saturated heterocycles. The summed E-state index contributed by atoms with van der Waals surface area (Å²) in [6.07, 6.45) is -5.19. The van der Waals surface area contributed by atoms with Gasteiger partial charge in [0.25, 0.3) is 0 Å². The van der Waals surface area contributed by atoms with Crippen molar-refractivity contribution in [2.45, 2.75) is 47.7 Å². The first kappa shape index (κ1) is 20.4. The summed E-state index contributed by atoms with van der Waals surface area (Å²) in [5.74, 6) is 0. The van der Waals surface area contributed by atoms with E-state index in [1.165, 1.54) is 0 Å². The molecule has 2 aromatic carbocycles. The minimum Gasteiger partial charge on any atom is -0.305 e. The molecule has 0 radical (unpaired) electrons. The third kappa shape index (κ3) is 3.37.